The number of hydrogen-bond acceptors (Lipinski definition) is 6. The molecule has 10 heteroatoms. The van der Waals surface area contributed by atoms with Crippen LogP contribution in [0.2, 0.25) is 0 Å². The monoisotopic (exact) mass is 557 g/mol. The molecule has 1 fully saturated rings. The maximum absolute atomic E-state index is 13.3. The first-order chi connectivity index (χ1) is 18.7. The smallest absolute Gasteiger partial charge is 0.264 e. The highest BCUT2D eigenvalue weighted by molar-refractivity contribution is 7.85. The fourth-order valence-electron chi connectivity index (χ4n) is 4.77. The lowest BCUT2D eigenvalue weighted by Gasteiger charge is -2.48. The van der Waals surface area contributed by atoms with Crippen molar-refractivity contribution in [3.8, 4) is 11.5 Å². The number of aliphatic hydroxyl groups is 1. The van der Waals surface area contributed by atoms with Crippen molar-refractivity contribution in [2.45, 2.75) is 37.8 Å². The predicted octanol–water partition coefficient (Wildman–Crippen LogP) is 5.10. The summed E-state index contributed by atoms with van der Waals surface area (Å²) in [6, 6.07) is 20.1. The van der Waals surface area contributed by atoms with Gasteiger partial charge in [-0.1, -0.05) is 24.3 Å². The third-order valence-electron chi connectivity index (χ3n) is 6.86. The minimum atomic E-state index is -3.98. The summed E-state index contributed by atoms with van der Waals surface area (Å²) in [5, 5.41) is 10.6. The van der Waals surface area contributed by atoms with Gasteiger partial charge in [-0.15, -0.1) is 0 Å². The highest BCUT2D eigenvalue weighted by atomic mass is 32.2. The number of benzene rings is 3. The number of halogens is 1. The van der Waals surface area contributed by atoms with Crippen molar-refractivity contribution in [2.24, 2.45) is 5.92 Å². The van der Waals surface area contributed by atoms with Gasteiger partial charge in [0.15, 0.2) is 0 Å². The van der Waals surface area contributed by atoms with Crippen molar-refractivity contribution in [1.82, 2.24) is 0 Å². The fourth-order valence-corrected chi connectivity index (χ4v) is 5.34. The van der Waals surface area contributed by atoms with Crippen LogP contribution in [0.25, 0.3) is 0 Å². The van der Waals surface area contributed by atoms with Crippen LogP contribution < -0.4 is 14.4 Å². The number of hydrogen-bond donors (Lipinski definition) is 2. The van der Waals surface area contributed by atoms with Gasteiger partial charge in [0.2, 0.25) is 5.91 Å². The highest BCUT2D eigenvalue weighted by Gasteiger charge is 2.48. The lowest BCUT2D eigenvalue weighted by atomic mass is 9.78. The maximum Gasteiger partial charge on any atom is 0.264 e. The van der Waals surface area contributed by atoms with Crippen molar-refractivity contribution in [3.05, 3.63) is 89.7 Å². The minimum absolute atomic E-state index is 0.0546. The maximum atomic E-state index is 13.3. The zero-order valence-electron chi connectivity index (χ0n) is 21.6. The van der Waals surface area contributed by atoms with Crippen LogP contribution in [0.15, 0.2) is 72.8 Å². The zero-order valence-corrected chi connectivity index (χ0v) is 22.4. The van der Waals surface area contributed by atoms with E-state index < -0.39 is 16.2 Å². The van der Waals surface area contributed by atoms with Crippen molar-refractivity contribution < 1.29 is 36.7 Å². The fraction of sp³-hybridized carbons (Fsp3) is 0.345. The average Bonchev–Trinajstić information content (AvgIpc) is 2.92. The molecule has 3 unspecified atom stereocenters. The molecule has 39 heavy (non-hydrogen) atoms. The van der Waals surface area contributed by atoms with E-state index in [0.717, 1.165) is 5.56 Å². The van der Waals surface area contributed by atoms with Crippen LogP contribution in [0.3, 0.4) is 0 Å². The first-order valence-electron chi connectivity index (χ1n) is 12.7. The molecular weight excluding hydrogens is 525 g/mol. The third kappa shape index (κ3) is 7.35. The quantitative estimate of drug-likeness (QED) is 0.171. The Morgan fingerprint density at radius 2 is 1.59 bits per heavy atom. The first kappa shape index (κ1) is 28.5. The Morgan fingerprint density at radius 3 is 2.21 bits per heavy atom. The molecule has 0 radical (unpaired) electrons. The van der Waals surface area contributed by atoms with E-state index in [9.17, 15) is 22.7 Å². The Kier molecular flexibility index (Phi) is 9.21. The second-order valence-corrected chi connectivity index (χ2v) is 11.1. The molecule has 3 aromatic carbocycles. The largest absolute Gasteiger partial charge is 0.497 e. The molecule has 3 aromatic rings. The summed E-state index contributed by atoms with van der Waals surface area (Å²) < 4.78 is 54.6. The summed E-state index contributed by atoms with van der Waals surface area (Å²) in [5.41, 5.74) is 2.25. The van der Waals surface area contributed by atoms with Crippen LogP contribution >= 0.6 is 0 Å². The number of aliphatic hydroxyl groups excluding tert-OH is 1. The number of methoxy groups -OCH3 is 1. The topological polar surface area (TPSA) is 113 Å². The van der Waals surface area contributed by atoms with Gasteiger partial charge in [0, 0.05) is 5.69 Å². The first-order valence-corrected chi connectivity index (χ1v) is 14.4. The molecule has 1 amide bonds. The van der Waals surface area contributed by atoms with E-state index in [4.69, 9.17) is 14.0 Å². The van der Waals surface area contributed by atoms with Crippen molar-refractivity contribution in [3.63, 3.8) is 0 Å². The van der Waals surface area contributed by atoms with E-state index in [-0.39, 0.29) is 29.4 Å². The average molecular weight is 558 g/mol. The van der Waals surface area contributed by atoms with Gasteiger partial charge in [0.05, 0.1) is 37.5 Å². The third-order valence-corrected chi connectivity index (χ3v) is 7.66. The molecular formula is C29H32FNO7S. The van der Waals surface area contributed by atoms with E-state index in [2.05, 4.69) is 0 Å². The van der Waals surface area contributed by atoms with Crippen LogP contribution in [0, 0.1) is 11.7 Å². The Morgan fingerprint density at radius 1 is 0.949 bits per heavy atom. The van der Waals surface area contributed by atoms with Crippen molar-refractivity contribution >= 4 is 21.7 Å². The number of nitrogens with zero attached hydrogens (tertiary/aromatic N) is 1. The molecule has 1 saturated heterocycles. The SMILES string of the molecule is COc1ccc(C2C(CCC(O)c3ccc(F)cc3)C(=O)N2c2ccc(OCCCCS(=O)(=O)O)cc2)cc1. The molecule has 1 heterocycles. The van der Waals surface area contributed by atoms with Gasteiger partial charge >= 0.3 is 0 Å². The van der Waals surface area contributed by atoms with E-state index in [0.29, 0.717) is 55.0 Å². The Labute approximate surface area is 227 Å². The number of ether oxygens (including phenoxy) is 2. The molecule has 3 atom stereocenters. The second-order valence-electron chi connectivity index (χ2n) is 9.51. The van der Waals surface area contributed by atoms with Gasteiger partial charge in [-0.25, -0.2) is 4.39 Å². The van der Waals surface area contributed by atoms with Gasteiger partial charge in [0.1, 0.15) is 17.3 Å². The molecule has 0 bridgehead atoms. The minimum Gasteiger partial charge on any atom is -0.497 e. The van der Waals surface area contributed by atoms with Crippen molar-refractivity contribution in [1.29, 1.82) is 0 Å². The number of carbonyl (C=O) groups excluding carboxylic acids is 1. The molecule has 208 valence electrons. The number of anilines is 1. The molecule has 0 aromatic heterocycles. The Balaban J connectivity index is 1.44. The standard InChI is InChI=1S/C29H32FNO7S/c1-37-24-12-6-21(7-13-24)28-26(16-17-27(32)20-4-8-22(30)9-5-20)29(33)31(28)23-10-14-25(15-11-23)38-18-2-3-19-39(34,35)36/h4-15,26-28,32H,2-3,16-19H2,1H3,(H,34,35,36). The van der Waals surface area contributed by atoms with E-state index in [1.165, 1.54) is 12.1 Å². The van der Waals surface area contributed by atoms with Gasteiger partial charge in [-0.3, -0.25) is 9.35 Å². The van der Waals surface area contributed by atoms with Crippen LogP contribution in [0.5, 0.6) is 11.5 Å². The van der Waals surface area contributed by atoms with Gasteiger partial charge < -0.3 is 19.5 Å². The van der Waals surface area contributed by atoms with Gasteiger partial charge in [-0.05, 0) is 85.3 Å². The molecule has 1 aliphatic heterocycles. The van der Waals surface area contributed by atoms with Crippen LogP contribution in [0.4, 0.5) is 10.1 Å². The number of rotatable bonds is 13. The van der Waals surface area contributed by atoms with Crippen LogP contribution in [-0.2, 0) is 14.9 Å². The van der Waals surface area contributed by atoms with Gasteiger partial charge in [0.25, 0.3) is 10.1 Å². The number of carbonyl (C=O) groups is 1. The summed E-state index contributed by atoms with van der Waals surface area (Å²) in [6.07, 6.45) is 0.761. The second kappa shape index (κ2) is 12.6. The molecule has 0 spiro atoms. The van der Waals surface area contributed by atoms with E-state index >= 15 is 0 Å². The summed E-state index contributed by atoms with van der Waals surface area (Å²) >= 11 is 0. The van der Waals surface area contributed by atoms with E-state index in [1.54, 1.807) is 48.4 Å². The van der Waals surface area contributed by atoms with Gasteiger partial charge in [-0.2, -0.15) is 8.42 Å². The predicted molar refractivity (Wildman–Crippen MR) is 145 cm³/mol. The molecule has 0 saturated carbocycles. The highest BCUT2D eigenvalue weighted by Crippen LogP contribution is 2.46. The zero-order chi connectivity index (χ0) is 28.0. The number of β-lactam (4-membered cyclic amide) rings is 1. The van der Waals surface area contributed by atoms with Crippen LogP contribution in [-0.4, -0.2) is 43.5 Å². The van der Waals surface area contributed by atoms with Crippen LogP contribution in [0.1, 0.15) is 49.0 Å². The van der Waals surface area contributed by atoms with Crippen molar-refractivity contribution in [2.75, 3.05) is 24.4 Å². The normalized spacial score (nSPS) is 17.9. The summed E-state index contributed by atoms with van der Waals surface area (Å²) in [7, 11) is -2.39. The Bertz CT molecular complexity index is 1350. The molecule has 2 N–H and O–H groups in total. The Hall–Kier alpha value is -3.47. The summed E-state index contributed by atoms with van der Waals surface area (Å²) in [6.45, 7) is 0.296. The lowest BCUT2D eigenvalue weighted by molar-refractivity contribution is -0.131. The summed E-state index contributed by atoms with van der Waals surface area (Å²) in [5.74, 6) is 0.217. The van der Waals surface area contributed by atoms with E-state index in [1.807, 2.05) is 24.3 Å². The number of amides is 1. The molecule has 1 aliphatic rings. The molecule has 0 aliphatic carbocycles. The molecule has 8 nitrogen and oxygen atoms in total. The lowest BCUT2D eigenvalue weighted by Crippen LogP contribution is -2.55. The summed E-state index contributed by atoms with van der Waals surface area (Å²) in [4.78, 5) is 15.1. The molecule has 4 rings (SSSR count). The number of unbranched alkanes of at least 4 members (excludes halogenated alkanes) is 1.